The van der Waals surface area contributed by atoms with Gasteiger partial charge >= 0.3 is 6.18 Å². The van der Waals surface area contributed by atoms with Crippen molar-refractivity contribution < 1.29 is 36.0 Å². The van der Waals surface area contributed by atoms with Crippen LogP contribution in [-0.2, 0) is 32.0 Å². The minimum absolute atomic E-state index is 0.0749. The summed E-state index contributed by atoms with van der Waals surface area (Å²) in [6.07, 6.45) is -0.951. The predicted molar refractivity (Wildman–Crippen MR) is 182 cm³/mol. The van der Waals surface area contributed by atoms with Crippen molar-refractivity contribution >= 4 is 36.0 Å². The molecule has 2 bridgehead atoms. The molecule has 4 aliphatic rings. The molecule has 4 aliphatic carbocycles. The van der Waals surface area contributed by atoms with Crippen molar-refractivity contribution in [2.45, 2.75) is 140 Å². The van der Waals surface area contributed by atoms with Gasteiger partial charge in [0.2, 0.25) is 5.91 Å². The van der Waals surface area contributed by atoms with Crippen molar-refractivity contribution in [1.82, 2.24) is 19.6 Å². The summed E-state index contributed by atoms with van der Waals surface area (Å²) in [5, 5.41) is 3.22. The van der Waals surface area contributed by atoms with Gasteiger partial charge < -0.3 is 19.4 Å². The van der Waals surface area contributed by atoms with Crippen molar-refractivity contribution in [1.29, 1.82) is 0 Å². The van der Waals surface area contributed by atoms with Crippen molar-refractivity contribution in [3.8, 4) is 0 Å². The Kier molecular flexibility index (Phi) is 10.1. The van der Waals surface area contributed by atoms with Crippen LogP contribution in [0.4, 0.5) is 17.6 Å². The molecule has 2 N–H and O–H groups in total. The van der Waals surface area contributed by atoms with E-state index in [-0.39, 0.29) is 30.0 Å². The fourth-order valence-electron chi connectivity index (χ4n) is 6.65. The average Bonchev–Trinajstić information content (AvgIpc) is 3.69. The number of carbonyl (C=O) groups is 1. The molecule has 270 valence electrons. The van der Waals surface area contributed by atoms with Crippen molar-refractivity contribution in [2.75, 3.05) is 13.2 Å². The van der Waals surface area contributed by atoms with Gasteiger partial charge in [0.15, 0.2) is 5.60 Å². The highest BCUT2D eigenvalue weighted by Gasteiger charge is 2.69. The second-order valence-corrected chi connectivity index (χ2v) is 24.7. The van der Waals surface area contributed by atoms with Gasteiger partial charge in [0, 0.05) is 21.1 Å². The van der Waals surface area contributed by atoms with E-state index in [1.165, 1.54) is 0 Å². The summed E-state index contributed by atoms with van der Waals surface area (Å²) in [4.78, 5) is 18.0. The van der Waals surface area contributed by atoms with E-state index in [2.05, 4.69) is 29.7 Å². The minimum atomic E-state index is -4.62. The lowest BCUT2D eigenvalue weighted by molar-refractivity contribution is -0.265. The van der Waals surface area contributed by atoms with Gasteiger partial charge in [-0.15, -0.1) is 0 Å². The largest absolute Gasteiger partial charge is 0.416 e. The molecule has 0 spiro atoms. The van der Waals surface area contributed by atoms with Crippen LogP contribution in [0, 0.1) is 11.3 Å². The van der Waals surface area contributed by atoms with Gasteiger partial charge in [0.1, 0.15) is 24.3 Å². The number of amides is 1. The maximum Gasteiger partial charge on any atom is 0.416 e. The molecule has 14 heteroatoms. The number of hydrogen-bond donors (Lipinski definition) is 2. The standard InChI is InChI=1S/C34H52F4N4O4SSi/c1-30(2,3)47(44)41-25(17-46-31(4,5)34(36,37)38)29-39-24-15-23(11-12-26(24)42(29)21-45-13-14-48(6,7)8)28(22-9-10-22)40-27(43)16-32-18-33(35,19-32)20-32/h11-12,15,22,25,28,41H,9-10,13-14,16-21H2,1-8H3,(H,40,43)/t25-,28+,32?,33?,47+/m0/s1. The molecule has 6 rings (SSSR count). The topological polar surface area (TPSA) is 94.5 Å². The normalized spacial score (nSPS) is 24.9. The zero-order valence-corrected chi connectivity index (χ0v) is 31.3. The van der Waals surface area contributed by atoms with Crippen LogP contribution >= 0.6 is 0 Å². The molecule has 1 amide bonds. The highest BCUT2D eigenvalue weighted by Crippen LogP contribution is 2.71. The first-order valence-electron chi connectivity index (χ1n) is 16.9. The summed E-state index contributed by atoms with van der Waals surface area (Å²) in [7, 11) is -3.06. The second kappa shape index (κ2) is 13.0. The molecule has 1 heterocycles. The molecular weight excluding hydrogens is 665 g/mol. The zero-order valence-electron chi connectivity index (χ0n) is 29.5. The van der Waals surface area contributed by atoms with E-state index in [1.54, 1.807) is 20.8 Å². The molecule has 2 aromatic rings. The van der Waals surface area contributed by atoms with Gasteiger partial charge in [-0.25, -0.2) is 18.3 Å². The molecule has 1 aromatic carbocycles. The fraction of sp³-hybridized carbons (Fsp3) is 0.765. The van der Waals surface area contributed by atoms with Crippen LogP contribution in [0.2, 0.25) is 25.7 Å². The molecule has 0 radical (unpaired) electrons. The summed E-state index contributed by atoms with van der Waals surface area (Å²) in [5.41, 5.74) is -1.54. The summed E-state index contributed by atoms with van der Waals surface area (Å²) in [6, 6.07) is 5.50. The number of benzene rings is 1. The first kappa shape index (κ1) is 37.4. The maximum atomic E-state index is 14.1. The number of alkyl halides is 4. The summed E-state index contributed by atoms with van der Waals surface area (Å²) >= 11 is 0. The van der Waals surface area contributed by atoms with Crippen LogP contribution in [0.5, 0.6) is 0 Å². The molecule has 4 saturated carbocycles. The third-order valence-electron chi connectivity index (χ3n) is 9.81. The first-order valence-corrected chi connectivity index (χ1v) is 21.8. The molecule has 3 atom stereocenters. The van der Waals surface area contributed by atoms with E-state index in [1.807, 2.05) is 22.8 Å². The average molecular weight is 717 g/mol. The van der Waals surface area contributed by atoms with Crippen LogP contribution in [-0.4, -0.2) is 63.1 Å². The zero-order chi connectivity index (χ0) is 35.5. The number of fused-ring (bicyclic) bond motifs is 1. The van der Waals surface area contributed by atoms with Gasteiger partial charge in [0.05, 0.1) is 39.4 Å². The number of imidazole rings is 1. The Morgan fingerprint density at radius 1 is 1.12 bits per heavy atom. The Balaban J connectivity index is 1.46. The van der Waals surface area contributed by atoms with Crippen molar-refractivity contribution in [2.24, 2.45) is 11.3 Å². The van der Waals surface area contributed by atoms with Gasteiger partial charge in [-0.1, -0.05) is 25.7 Å². The van der Waals surface area contributed by atoms with E-state index in [4.69, 9.17) is 14.5 Å². The quantitative estimate of drug-likeness (QED) is 0.106. The van der Waals surface area contributed by atoms with Gasteiger partial charge in [-0.05, 0) is 102 Å². The van der Waals surface area contributed by atoms with E-state index < -0.39 is 53.9 Å². The van der Waals surface area contributed by atoms with Crippen molar-refractivity contribution in [3.05, 3.63) is 29.6 Å². The predicted octanol–water partition coefficient (Wildman–Crippen LogP) is 7.65. The second-order valence-electron chi connectivity index (χ2n) is 17.1. The molecule has 48 heavy (non-hydrogen) atoms. The maximum absolute atomic E-state index is 14.1. The third kappa shape index (κ3) is 8.52. The van der Waals surface area contributed by atoms with Gasteiger partial charge in [-0.3, -0.25) is 4.79 Å². The Morgan fingerprint density at radius 3 is 2.31 bits per heavy atom. The summed E-state index contributed by atoms with van der Waals surface area (Å²) < 4.78 is 84.6. The molecule has 8 nitrogen and oxygen atoms in total. The number of aromatic nitrogens is 2. The molecular formula is C34H52F4N4O4SSi. The molecule has 4 fully saturated rings. The van der Waals surface area contributed by atoms with Gasteiger partial charge in [0.25, 0.3) is 0 Å². The Morgan fingerprint density at radius 2 is 1.77 bits per heavy atom. The number of carbonyl (C=O) groups excluding carboxylic acids is 1. The Labute approximate surface area is 285 Å². The number of rotatable bonds is 16. The number of ether oxygens (including phenoxy) is 2. The smallest absolute Gasteiger partial charge is 0.364 e. The Bertz CT molecular complexity index is 1510. The number of halogens is 4. The van der Waals surface area contributed by atoms with Crippen molar-refractivity contribution in [3.63, 3.8) is 0 Å². The van der Waals surface area contributed by atoms with E-state index >= 15 is 0 Å². The lowest BCUT2D eigenvalue weighted by atomic mass is 9.41. The fourth-order valence-corrected chi connectivity index (χ4v) is 8.19. The SMILES string of the molecule is CC(C)(C)[S@@](=O)N[C@@H](COC(C)(C)C(F)(F)F)c1nc2cc([C@H](NC(=O)CC34CC(F)(C3)C4)C3CC3)ccc2n1COCC[Si](C)(C)C. The molecule has 0 aliphatic heterocycles. The third-order valence-corrected chi connectivity index (χ3v) is 13.1. The lowest BCUT2D eigenvalue weighted by Gasteiger charge is -2.65. The molecule has 0 saturated heterocycles. The highest BCUT2D eigenvalue weighted by atomic mass is 32.2. The van der Waals surface area contributed by atoms with Crippen LogP contribution in [0.25, 0.3) is 11.0 Å². The van der Waals surface area contributed by atoms with E-state index in [9.17, 15) is 26.6 Å². The minimum Gasteiger partial charge on any atom is -0.364 e. The number of hydrogen-bond acceptors (Lipinski definition) is 5. The van der Waals surface area contributed by atoms with Crippen LogP contribution in [0.3, 0.4) is 0 Å². The number of nitrogens with one attached hydrogen (secondary N) is 2. The number of nitrogens with zero attached hydrogens (tertiary/aromatic N) is 2. The Hall–Kier alpha value is -1.87. The molecule has 1 aromatic heterocycles. The summed E-state index contributed by atoms with van der Waals surface area (Å²) in [6.45, 7) is 14.2. The monoisotopic (exact) mass is 716 g/mol. The van der Waals surface area contributed by atoms with Gasteiger partial charge in [-0.2, -0.15) is 13.2 Å². The first-order chi connectivity index (χ1) is 22.0. The van der Waals surface area contributed by atoms with Crippen LogP contribution in [0.1, 0.15) is 96.6 Å². The lowest BCUT2D eigenvalue weighted by Crippen LogP contribution is -2.65. The van der Waals surface area contributed by atoms with Crippen LogP contribution in [0.15, 0.2) is 18.2 Å². The van der Waals surface area contributed by atoms with E-state index in [0.29, 0.717) is 49.1 Å². The highest BCUT2D eigenvalue weighted by molar-refractivity contribution is 7.84. The van der Waals surface area contributed by atoms with E-state index in [0.717, 1.165) is 38.3 Å². The summed E-state index contributed by atoms with van der Waals surface area (Å²) in [5.74, 6) is 0.552. The van der Waals surface area contributed by atoms with Crippen LogP contribution < -0.4 is 10.0 Å². The molecule has 0 unspecified atom stereocenters.